The predicted molar refractivity (Wildman–Crippen MR) is 99.0 cm³/mol. The van der Waals surface area contributed by atoms with Crippen LogP contribution >= 0.6 is 11.3 Å². The molecule has 0 aliphatic carbocycles. The van der Waals surface area contributed by atoms with Crippen LogP contribution in [0.3, 0.4) is 0 Å². The summed E-state index contributed by atoms with van der Waals surface area (Å²) in [5.74, 6) is -0.911. The summed E-state index contributed by atoms with van der Waals surface area (Å²) in [5, 5.41) is 8.20. The normalized spacial score (nSPS) is 10.2. The van der Waals surface area contributed by atoms with Crippen molar-refractivity contribution < 1.29 is 19.1 Å². The van der Waals surface area contributed by atoms with Crippen molar-refractivity contribution in [3.8, 4) is 0 Å². The van der Waals surface area contributed by atoms with E-state index in [1.165, 1.54) is 7.11 Å². The number of benzene rings is 1. The Labute approximate surface area is 155 Å². The van der Waals surface area contributed by atoms with Crippen LogP contribution in [0, 0.1) is 0 Å². The molecule has 2 N–H and O–H groups in total. The van der Waals surface area contributed by atoms with E-state index in [1.54, 1.807) is 35.6 Å². The van der Waals surface area contributed by atoms with E-state index in [9.17, 15) is 14.4 Å². The third-order valence-corrected chi connectivity index (χ3v) is 4.55. The smallest absolute Gasteiger partial charge is 0.325 e. The van der Waals surface area contributed by atoms with Crippen LogP contribution in [0.15, 0.2) is 29.6 Å². The molecular weight excluding hydrogens is 354 g/mol. The van der Waals surface area contributed by atoms with Crippen LogP contribution in [0.4, 0.5) is 5.69 Å². The molecule has 0 aliphatic heterocycles. The predicted octanol–water partition coefficient (Wildman–Crippen LogP) is 1.72. The van der Waals surface area contributed by atoms with Crippen molar-refractivity contribution >= 4 is 34.8 Å². The number of anilines is 1. The quantitative estimate of drug-likeness (QED) is 0.685. The van der Waals surface area contributed by atoms with Crippen molar-refractivity contribution in [2.24, 2.45) is 0 Å². The van der Waals surface area contributed by atoms with Crippen LogP contribution in [-0.2, 0) is 38.4 Å². The molecule has 1 heterocycles. The lowest BCUT2D eigenvalue weighted by Crippen LogP contribution is -2.31. The molecule has 26 heavy (non-hydrogen) atoms. The Kier molecular flexibility index (Phi) is 7.28. The second-order valence-electron chi connectivity index (χ2n) is 5.54. The van der Waals surface area contributed by atoms with Gasteiger partial charge in [0, 0.05) is 11.1 Å². The highest BCUT2D eigenvalue weighted by Gasteiger charge is 2.09. The maximum absolute atomic E-state index is 12.1. The van der Waals surface area contributed by atoms with Gasteiger partial charge in [0.15, 0.2) is 0 Å². The van der Waals surface area contributed by atoms with E-state index in [-0.39, 0.29) is 31.2 Å². The molecule has 0 saturated heterocycles. The molecule has 1 aromatic carbocycles. The van der Waals surface area contributed by atoms with Crippen LogP contribution in [0.2, 0.25) is 0 Å². The third kappa shape index (κ3) is 6.29. The fraction of sp³-hybridized carbons (Fsp3) is 0.333. The summed E-state index contributed by atoms with van der Waals surface area (Å²) >= 11 is 1.55. The highest BCUT2D eigenvalue weighted by Crippen LogP contribution is 2.13. The lowest BCUT2D eigenvalue weighted by Gasteiger charge is -2.07. The molecule has 8 heteroatoms. The number of carbonyl (C=O) groups is 3. The first-order chi connectivity index (χ1) is 12.5. The number of methoxy groups -OCH3 is 1. The van der Waals surface area contributed by atoms with E-state index in [1.807, 2.05) is 12.3 Å². The van der Waals surface area contributed by atoms with Crippen molar-refractivity contribution in [2.75, 3.05) is 19.0 Å². The number of hydrogen-bond acceptors (Lipinski definition) is 6. The number of rotatable bonds is 8. The van der Waals surface area contributed by atoms with Crippen LogP contribution in [-0.4, -0.2) is 36.4 Å². The first-order valence-corrected chi connectivity index (χ1v) is 9.03. The number of carbonyl (C=O) groups excluding carboxylic acids is 3. The zero-order chi connectivity index (χ0) is 18.9. The molecule has 0 spiro atoms. The average molecular weight is 375 g/mol. The van der Waals surface area contributed by atoms with Gasteiger partial charge >= 0.3 is 5.97 Å². The van der Waals surface area contributed by atoms with Crippen molar-refractivity contribution in [2.45, 2.75) is 26.2 Å². The van der Waals surface area contributed by atoms with Crippen molar-refractivity contribution in [1.82, 2.24) is 10.3 Å². The highest BCUT2D eigenvalue weighted by molar-refractivity contribution is 7.09. The van der Waals surface area contributed by atoms with Gasteiger partial charge in [0.2, 0.25) is 11.8 Å². The van der Waals surface area contributed by atoms with Gasteiger partial charge in [-0.25, -0.2) is 4.98 Å². The Hall–Kier alpha value is -2.74. The molecule has 0 radical (unpaired) electrons. The fourth-order valence-electron chi connectivity index (χ4n) is 2.16. The maximum atomic E-state index is 12.1. The summed E-state index contributed by atoms with van der Waals surface area (Å²) in [6, 6.07) is 6.98. The fourth-order valence-corrected chi connectivity index (χ4v) is 2.90. The number of amides is 2. The molecule has 0 fully saturated rings. The van der Waals surface area contributed by atoms with Gasteiger partial charge in [-0.1, -0.05) is 19.1 Å². The first-order valence-electron chi connectivity index (χ1n) is 8.15. The van der Waals surface area contributed by atoms with E-state index < -0.39 is 5.97 Å². The van der Waals surface area contributed by atoms with Gasteiger partial charge in [0.1, 0.15) is 6.54 Å². The zero-order valence-electron chi connectivity index (χ0n) is 14.7. The van der Waals surface area contributed by atoms with Gasteiger partial charge in [-0.3, -0.25) is 14.4 Å². The largest absolute Gasteiger partial charge is 0.468 e. The van der Waals surface area contributed by atoms with Gasteiger partial charge in [0.25, 0.3) is 0 Å². The van der Waals surface area contributed by atoms with Gasteiger partial charge in [-0.15, -0.1) is 11.3 Å². The van der Waals surface area contributed by atoms with Gasteiger partial charge in [-0.05, 0) is 24.1 Å². The Balaban J connectivity index is 1.81. The lowest BCUT2D eigenvalue weighted by atomic mass is 10.1. The number of ether oxygens (including phenoxy) is 1. The standard InChI is InChI=1S/C18H21N3O4S/c1-3-17-21-14(11-26-17)9-16(23)20-13-6-4-12(5-7-13)8-15(22)19-10-18(24)25-2/h4-7,11H,3,8-10H2,1-2H3,(H,19,22)(H,20,23). The monoisotopic (exact) mass is 375 g/mol. The molecule has 0 unspecified atom stereocenters. The SMILES string of the molecule is CCc1nc(CC(=O)Nc2ccc(CC(=O)NCC(=O)OC)cc2)cs1. The molecule has 0 saturated carbocycles. The molecule has 2 aromatic rings. The second kappa shape index (κ2) is 9.67. The number of thiazole rings is 1. The summed E-state index contributed by atoms with van der Waals surface area (Å²) in [6.07, 6.45) is 1.24. The number of nitrogens with zero attached hydrogens (tertiary/aromatic N) is 1. The van der Waals surface area contributed by atoms with Gasteiger partial charge < -0.3 is 15.4 Å². The molecule has 7 nitrogen and oxygen atoms in total. The van der Waals surface area contributed by atoms with Crippen molar-refractivity contribution in [3.05, 3.63) is 45.9 Å². The molecule has 2 amide bonds. The summed E-state index contributed by atoms with van der Waals surface area (Å²) in [7, 11) is 1.26. The van der Waals surface area contributed by atoms with Crippen LogP contribution < -0.4 is 10.6 Å². The molecule has 2 rings (SSSR count). The van der Waals surface area contributed by atoms with Crippen molar-refractivity contribution in [3.63, 3.8) is 0 Å². The Bertz CT molecular complexity index is 771. The highest BCUT2D eigenvalue weighted by atomic mass is 32.1. The van der Waals surface area contributed by atoms with Crippen LogP contribution in [0.1, 0.15) is 23.2 Å². The molecule has 0 aliphatic rings. The van der Waals surface area contributed by atoms with E-state index in [4.69, 9.17) is 0 Å². The summed E-state index contributed by atoms with van der Waals surface area (Å²) in [6.45, 7) is 1.87. The number of aryl methyl sites for hydroxylation is 1. The zero-order valence-corrected chi connectivity index (χ0v) is 15.5. The number of nitrogens with one attached hydrogen (secondary N) is 2. The maximum Gasteiger partial charge on any atom is 0.325 e. The average Bonchev–Trinajstić information content (AvgIpc) is 3.08. The summed E-state index contributed by atoms with van der Waals surface area (Å²) < 4.78 is 4.46. The number of esters is 1. The lowest BCUT2D eigenvalue weighted by molar-refractivity contribution is -0.141. The van der Waals surface area contributed by atoms with Crippen LogP contribution in [0.25, 0.3) is 0 Å². The minimum atomic E-state index is -0.498. The summed E-state index contributed by atoms with van der Waals surface area (Å²) in [5.41, 5.74) is 2.19. The van der Waals surface area contributed by atoms with Gasteiger partial charge in [-0.2, -0.15) is 0 Å². The Morgan fingerprint density at radius 1 is 1.12 bits per heavy atom. The van der Waals surface area contributed by atoms with Crippen LogP contribution in [0.5, 0.6) is 0 Å². The topological polar surface area (TPSA) is 97.4 Å². The van der Waals surface area contributed by atoms with E-state index in [2.05, 4.69) is 20.4 Å². The molecule has 0 atom stereocenters. The Morgan fingerprint density at radius 2 is 1.85 bits per heavy atom. The first kappa shape index (κ1) is 19.6. The molecule has 0 bridgehead atoms. The minimum Gasteiger partial charge on any atom is -0.468 e. The molecule has 138 valence electrons. The van der Waals surface area contributed by atoms with E-state index in [0.29, 0.717) is 5.69 Å². The van der Waals surface area contributed by atoms with E-state index >= 15 is 0 Å². The van der Waals surface area contributed by atoms with Crippen molar-refractivity contribution in [1.29, 1.82) is 0 Å². The molecular formula is C18H21N3O4S. The van der Waals surface area contributed by atoms with E-state index in [0.717, 1.165) is 22.7 Å². The van der Waals surface area contributed by atoms with Gasteiger partial charge in [0.05, 0.1) is 30.7 Å². The summed E-state index contributed by atoms with van der Waals surface area (Å²) in [4.78, 5) is 39.2. The number of aromatic nitrogens is 1. The minimum absolute atomic E-state index is 0.137. The number of hydrogen-bond donors (Lipinski definition) is 2. The molecule has 1 aromatic heterocycles. The Morgan fingerprint density at radius 3 is 2.46 bits per heavy atom. The second-order valence-corrected chi connectivity index (χ2v) is 6.48. The third-order valence-electron chi connectivity index (χ3n) is 3.50.